The minimum atomic E-state index is 0.457. The highest BCUT2D eigenvalue weighted by atomic mass is 35.5. The molecule has 3 aromatic heterocycles. The summed E-state index contributed by atoms with van der Waals surface area (Å²) in [5, 5.41) is 9.27. The van der Waals surface area contributed by atoms with E-state index in [9.17, 15) is 0 Å². The van der Waals surface area contributed by atoms with Gasteiger partial charge < -0.3 is 11.1 Å². The van der Waals surface area contributed by atoms with E-state index in [1.54, 1.807) is 17.1 Å². The van der Waals surface area contributed by atoms with Crippen LogP contribution in [0.15, 0.2) is 79.1 Å². The second kappa shape index (κ2) is 8.04. The highest BCUT2D eigenvalue weighted by Gasteiger charge is 2.19. The van der Waals surface area contributed by atoms with Gasteiger partial charge in [-0.2, -0.15) is 4.98 Å². The Labute approximate surface area is 183 Å². The lowest BCUT2D eigenvalue weighted by Gasteiger charge is -2.09. The number of halogens is 1. The largest absolute Gasteiger partial charge is 0.383 e. The lowest BCUT2D eigenvalue weighted by molar-refractivity contribution is 0.899. The number of pyridine rings is 1. The number of rotatable bonds is 5. The van der Waals surface area contributed by atoms with Crippen LogP contribution in [0.2, 0.25) is 5.02 Å². The first kappa shape index (κ1) is 19.0. The van der Waals surface area contributed by atoms with Crippen molar-refractivity contribution in [1.82, 2.24) is 24.7 Å². The number of fused-ring (bicyclic) bond motifs is 1. The minimum Gasteiger partial charge on any atom is -0.383 e. The molecule has 3 heterocycles. The normalized spacial score (nSPS) is 11.0. The van der Waals surface area contributed by atoms with Gasteiger partial charge in [-0.1, -0.05) is 48.0 Å². The highest BCUT2D eigenvalue weighted by Crippen LogP contribution is 2.33. The smallest absolute Gasteiger partial charge is 0.225 e. The number of nitrogens with zero attached hydrogens (tertiary/aromatic N) is 5. The summed E-state index contributed by atoms with van der Waals surface area (Å²) in [5.41, 5.74) is 10.5. The molecule has 0 bridgehead atoms. The summed E-state index contributed by atoms with van der Waals surface area (Å²) in [6.45, 7) is 0.536. The van der Waals surface area contributed by atoms with Crippen molar-refractivity contribution in [2.45, 2.75) is 6.54 Å². The lowest BCUT2D eigenvalue weighted by Crippen LogP contribution is -2.05. The predicted molar refractivity (Wildman–Crippen MR) is 123 cm³/mol. The Morgan fingerprint density at radius 1 is 0.935 bits per heavy atom. The zero-order valence-corrected chi connectivity index (χ0v) is 17.2. The van der Waals surface area contributed by atoms with Crippen LogP contribution in [0, 0.1) is 0 Å². The van der Waals surface area contributed by atoms with E-state index in [4.69, 9.17) is 22.3 Å². The second-order valence-electron chi connectivity index (χ2n) is 6.95. The predicted octanol–water partition coefficient (Wildman–Crippen LogP) is 4.73. The Balaban J connectivity index is 1.65. The van der Waals surface area contributed by atoms with Gasteiger partial charge in [-0.3, -0.25) is 4.98 Å². The van der Waals surface area contributed by atoms with Crippen molar-refractivity contribution < 1.29 is 0 Å². The summed E-state index contributed by atoms with van der Waals surface area (Å²) in [6.07, 6.45) is 3.54. The van der Waals surface area contributed by atoms with Crippen LogP contribution in [0.1, 0.15) is 5.56 Å². The third-order valence-electron chi connectivity index (χ3n) is 4.86. The molecule has 0 aliphatic carbocycles. The van der Waals surface area contributed by atoms with Crippen molar-refractivity contribution in [2.24, 2.45) is 0 Å². The van der Waals surface area contributed by atoms with Crippen LogP contribution in [-0.2, 0) is 6.54 Å². The third-order valence-corrected chi connectivity index (χ3v) is 5.11. The number of nitrogens with two attached hydrogens (primary N) is 1. The Morgan fingerprint density at radius 3 is 2.48 bits per heavy atom. The summed E-state index contributed by atoms with van der Waals surface area (Å²) in [6, 6.07) is 21.1. The monoisotopic (exact) mass is 427 g/mol. The SMILES string of the molecule is Nc1c2c(-c3ccc(Cl)cc3)nc(NCc3cccnc3)nc2nn1-c1ccccc1. The van der Waals surface area contributed by atoms with Gasteiger partial charge in [-0.25, -0.2) is 9.67 Å². The van der Waals surface area contributed by atoms with Gasteiger partial charge >= 0.3 is 0 Å². The topological polar surface area (TPSA) is 94.5 Å². The fraction of sp³-hybridized carbons (Fsp3) is 0.0435. The molecule has 5 aromatic rings. The molecule has 0 unspecified atom stereocenters. The Bertz CT molecular complexity index is 1330. The first-order chi connectivity index (χ1) is 15.2. The number of aromatic nitrogens is 5. The van der Waals surface area contributed by atoms with Crippen LogP contribution >= 0.6 is 11.6 Å². The number of nitrogen functional groups attached to an aromatic ring is 1. The molecule has 0 fully saturated rings. The molecule has 3 N–H and O–H groups in total. The summed E-state index contributed by atoms with van der Waals surface area (Å²) in [4.78, 5) is 13.5. The molecule has 0 saturated carbocycles. The van der Waals surface area contributed by atoms with Crippen molar-refractivity contribution in [3.8, 4) is 16.9 Å². The Morgan fingerprint density at radius 2 is 1.74 bits per heavy atom. The van der Waals surface area contributed by atoms with E-state index in [-0.39, 0.29) is 0 Å². The first-order valence-corrected chi connectivity index (χ1v) is 10.1. The standard InChI is InChI=1S/C23H18ClN7/c24-17-10-8-16(9-11-17)20-19-21(25)31(18-6-2-1-3-7-18)30-22(19)29-23(28-20)27-14-15-5-4-12-26-13-15/h1-13H,14,25H2,(H,27,29,30). The maximum Gasteiger partial charge on any atom is 0.225 e. The molecule has 0 aliphatic heterocycles. The van der Waals surface area contributed by atoms with Crippen molar-refractivity contribution in [2.75, 3.05) is 11.1 Å². The molecule has 0 aliphatic rings. The molecule has 7 nitrogen and oxygen atoms in total. The number of hydrogen-bond acceptors (Lipinski definition) is 6. The van der Waals surface area contributed by atoms with E-state index in [1.807, 2.05) is 66.7 Å². The van der Waals surface area contributed by atoms with E-state index in [1.165, 1.54) is 0 Å². The van der Waals surface area contributed by atoms with E-state index >= 15 is 0 Å². The molecule has 0 atom stereocenters. The van der Waals surface area contributed by atoms with Gasteiger partial charge in [0, 0.05) is 29.5 Å². The summed E-state index contributed by atoms with van der Waals surface area (Å²) < 4.78 is 1.68. The van der Waals surface area contributed by atoms with Crippen LogP contribution < -0.4 is 11.1 Å². The number of benzene rings is 2. The van der Waals surface area contributed by atoms with Gasteiger partial charge in [0.25, 0.3) is 0 Å². The van der Waals surface area contributed by atoms with Crippen LogP contribution in [0.25, 0.3) is 28.0 Å². The number of anilines is 2. The molecule has 31 heavy (non-hydrogen) atoms. The van der Waals surface area contributed by atoms with Gasteiger partial charge in [0.1, 0.15) is 5.82 Å². The van der Waals surface area contributed by atoms with Gasteiger partial charge in [0.2, 0.25) is 5.95 Å². The molecular formula is C23H18ClN7. The fourth-order valence-corrected chi connectivity index (χ4v) is 3.48. The maximum absolute atomic E-state index is 6.52. The summed E-state index contributed by atoms with van der Waals surface area (Å²) in [5.74, 6) is 0.934. The van der Waals surface area contributed by atoms with E-state index < -0.39 is 0 Å². The Hall–Kier alpha value is -3.97. The number of hydrogen-bond donors (Lipinski definition) is 2. The molecule has 0 amide bonds. The van der Waals surface area contributed by atoms with Crippen molar-refractivity contribution >= 4 is 34.4 Å². The summed E-state index contributed by atoms with van der Waals surface area (Å²) >= 11 is 6.09. The average molecular weight is 428 g/mol. The Kier molecular flexibility index (Phi) is 4.93. The quantitative estimate of drug-likeness (QED) is 0.421. The molecule has 152 valence electrons. The molecule has 0 spiro atoms. The number of para-hydroxylation sites is 1. The van der Waals surface area contributed by atoms with Crippen molar-refractivity contribution in [3.63, 3.8) is 0 Å². The molecule has 0 radical (unpaired) electrons. The van der Waals surface area contributed by atoms with E-state index in [0.717, 1.165) is 16.8 Å². The highest BCUT2D eigenvalue weighted by molar-refractivity contribution is 6.30. The molecular weight excluding hydrogens is 410 g/mol. The van der Waals surface area contributed by atoms with Gasteiger partial charge in [-0.15, -0.1) is 5.10 Å². The summed E-state index contributed by atoms with van der Waals surface area (Å²) in [7, 11) is 0. The molecule has 2 aromatic carbocycles. The van der Waals surface area contributed by atoms with Crippen LogP contribution in [0.4, 0.5) is 11.8 Å². The maximum atomic E-state index is 6.52. The van der Waals surface area contributed by atoms with E-state index in [0.29, 0.717) is 40.1 Å². The van der Waals surface area contributed by atoms with Crippen molar-refractivity contribution in [3.05, 3.63) is 89.7 Å². The van der Waals surface area contributed by atoms with Crippen LogP contribution in [-0.4, -0.2) is 24.7 Å². The first-order valence-electron chi connectivity index (χ1n) is 9.69. The van der Waals surface area contributed by atoms with Crippen LogP contribution in [0.3, 0.4) is 0 Å². The fourth-order valence-electron chi connectivity index (χ4n) is 3.36. The molecule has 0 saturated heterocycles. The molecule has 8 heteroatoms. The van der Waals surface area contributed by atoms with Crippen molar-refractivity contribution in [1.29, 1.82) is 0 Å². The second-order valence-corrected chi connectivity index (χ2v) is 7.39. The van der Waals surface area contributed by atoms with Gasteiger partial charge in [-0.05, 0) is 35.9 Å². The van der Waals surface area contributed by atoms with Gasteiger partial charge in [0.15, 0.2) is 5.65 Å². The average Bonchev–Trinajstić information content (AvgIpc) is 3.15. The van der Waals surface area contributed by atoms with Gasteiger partial charge in [0.05, 0.1) is 16.8 Å². The third kappa shape index (κ3) is 3.78. The zero-order chi connectivity index (χ0) is 21.2. The molecule has 5 rings (SSSR count). The van der Waals surface area contributed by atoms with Crippen LogP contribution in [0.5, 0.6) is 0 Å². The minimum absolute atomic E-state index is 0.457. The number of nitrogens with one attached hydrogen (secondary N) is 1. The lowest BCUT2D eigenvalue weighted by atomic mass is 10.1. The zero-order valence-electron chi connectivity index (χ0n) is 16.4. The van der Waals surface area contributed by atoms with E-state index in [2.05, 4.69) is 20.4 Å².